The van der Waals surface area contributed by atoms with Crippen molar-refractivity contribution >= 4 is 46.2 Å². The largest absolute Gasteiger partial charge is 0.394 e. The number of hydrogen-bond donors (Lipinski definition) is 2. The summed E-state index contributed by atoms with van der Waals surface area (Å²) < 4.78 is 0.514. The number of nitrogens with one attached hydrogen (secondary N) is 1. The quantitative estimate of drug-likeness (QED) is 0.462. The fourth-order valence-electron chi connectivity index (χ4n) is 3.15. The van der Waals surface area contributed by atoms with Gasteiger partial charge in [0.25, 0.3) is 5.91 Å². The molecule has 30 heavy (non-hydrogen) atoms. The van der Waals surface area contributed by atoms with Crippen LogP contribution in [0, 0.1) is 0 Å². The number of carbonyl (C=O) groups is 2. The molecular formula is C23H24N2O3S2. The third-order valence-electron chi connectivity index (χ3n) is 4.67. The second-order valence-corrected chi connectivity index (χ2v) is 8.66. The van der Waals surface area contributed by atoms with Crippen LogP contribution in [0.3, 0.4) is 0 Å². The van der Waals surface area contributed by atoms with E-state index in [0.29, 0.717) is 28.6 Å². The van der Waals surface area contributed by atoms with Crippen molar-refractivity contribution in [3.63, 3.8) is 0 Å². The minimum Gasteiger partial charge on any atom is -0.394 e. The van der Waals surface area contributed by atoms with E-state index in [1.165, 1.54) is 11.8 Å². The van der Waals surface area contributed by atoms with E-state index in [4.69, 9.17) is 12.2 Å². The average molecular weight is 441 g/mol. The SMILES string of the molecule is O=C(CCCN1C(=O)/C(=C/c2ccccc2)SC1=S)N[C@H](CO)Cc1ccccc1. The van der Waals surface area contributed by atoms with Crippen molar-refractivity contribution in [3.8, 4) is 0 Å². The third kappa shape index (κ3) is 6.26. The Morgan fingerprint density at radius 2 is 1.80 bits per heavy atom. The highest BCUT2D eigenvalue weighted by atomic mass is 32.2. The number of amides is 2. The summed E-state index contributed by atoms with van der Waals surface area (Å²) in [6.07, 6.45) is 3.17. The molecule has 156 valence electrons. The summed E-state index contributed by atoms with van der Waals surface area (Å²) in [6, 6.07) is 19.0. The predicted molar refractivity (Wildman–Crippen MR) is 125 cm³/mol. The molecule has 0 spiro atoms. The van der Waals surface area contributed by atoms with E-state index in [1.807, 2.05) is 66.7 Å². The standard InChI is InChI=1S/C23H24N2O3S2/c26-16-19(14-17-8-3-1-4-9-17)24-21(27)12-7-13-25-22(28)20(30-23(25)29)15-18-10-5-2-6-11-18/h1-6,8-11,15,19,26H,7,12-14,16H2,(H,24,27)/b20-15-/t19-/m0/s1. The van der Waals surface area contributed by atoms with Crippen molar-refractivity contribution in [1.29, 1.82) is 0 Å². The summed E-state index contributed by atoms with van der Waals surface area (Å²) in [5.74, 6) is -0.262. The Morgan fingerprint density at radius 1 is 1.13 bits per heavy atom. The molecule has 5 nitrogen and oxygen atoms in total. The Balaban J connectivity index is 1.47. The number of rotatable bonds is 9. The van der Waals surface area contributed by atoms with Gasteiger partial charge in [-0.05, 0) is 30.0 Å². The third-order valence-corrected chi connectivity index (χ3v) is 6.04. The van der Waals surface area contributed by atoms with Gasteiger partial charge in [-0.25, -0.2) is 0 Å². The molecule has 1 aliphatic rings. The Morgan fingerprint density at radius 3 is 2.47 bits per heavy atom. The van der Waals surface area contributed by atoms with Gasteiger partial charge in [0.15, 0.2) is 0 Å². The van der Waals surface area contributed by atoms with Crippen LogP contribution in [0.2, 0.25) is 0 Å². The van der Waals surface area contributed by atoms with Crippen molar-refractivity contribution in [2.45, 2.75) is 25.3 Å². The van der Waals surface area contributed by atoms with E-state index in [1.54, 1.807) is 4.90 Å². The molecule has 0 aliphatic carbocycles. The van der Waals surface area contributed by atoms with Crippen LogP contribution in [0.5, 0.6) is 0 Å². The minimum atomic E-state index is -0.328. The average Bonchev–Trinajstić information content (AvgIpc) is 3.02. The highest BCUT2D eigenvalue weighted by Crippen LogP contribution is 2.32. The molecule has 0 unspecified atom stereocenters. The summed E-state index contributed by atoms with van der Waals surface area (Å²) in [5.41, 5.74) is 2.01. The van der Waals surface area contributed by atoms with Crippen LogP contribution in [0.15, 0.2) is 65.6 Å². The van der Waals surface area contributed by atoms with Crippen molar-refractivity contribution in [2.24, 2.45) is 0 Å². The first kappa shape index (κ1) is 22.2. The van der Waals surface area contributed by atoms with Crippen molar-refractivity contribution in [1.82, 2.24) is 10.2 Å². The Kier molecular flexibility index (Phi) is 8.19. The maximum Gasteiger partial charge on any atom is 0.266 e. The van der Waals surface area contributed by atoms with E-state index in [-0.39, 0.29) is 30.9 Å². The lowest BCUT2D eigenvalue weighted by molar-refractivity contribution is -0.124. The monoisotopic (exact) mass is 440 g/mol. The number of benzene rings is 2. The van der Waals surface area contributed by atoms with Gasteiger partial charge in [-0.1, -0.05) is 84.6 Å². The molecule has 1 aliphatic heterocycles. The first-order valence-corrected chi connectivity index (χ1v) is 11.0. The summed E-state index contributed by atoms with van der Waals surface area (Å²) in [7, 11) is 0. The molecule has 1 heterocycles. The van der Waals surface area contributed by atoms with Gasteiger partial charge >= 0.3 is 0 Å². The molecular weight excluding hydrogens is 416 g/mol. The number of nitrogens with zero attached hydrogens (tertiary/aromatic N) is 1. The first-order valence-electron chi connectivity index (χ1n) is 9.81. The second kappa shape index (κ2) is 11.1. The Hall–Kier alpha value is -2.48. The van der Waals surface area contributed by atoms with E-state index >= 15 is 0 Å². The number of hydrogen-bond acceptors (Lipinski definition) is 5. The number of thiocarbonyl (C=S) groups is 1. The zero-order chi connectivity index (χ0) is 21.3. The van der Waals surface area contributed by atoms with Crippen LogP contribution < -0.4 is 5.32 Å². The normalized spacial score (nSPS) is 16.2. The van der Waals surface area contributed by atoms with Gasteiger partial charge in [-0.3, -0.25) is 14.5 Å². The van der Waals surface area contributed by atoms with Crippen LogP contribution in [-0.4, -0.2) is 45.3 Å². The van der Waals surface area contributed by atoms with Gasteiger partial charge in [0, 0.05) is 13.0 Å². The summed E-state index contributed by atoms with van der Waals surface area (Å²) >= 11 is 6.63. The van der Waals surface area contributed by atoms with Crippen LogP contribution in [-0.2, 0) is 16.0 Å². The molecule has 0 radical (unpaired) electrons. The Bertz CT molecular complexity index is 917. The lowest BCUT2D eigenvalue weighted by atomic mass is 10.1. The van der Waals surface area contributed by atoms with Crippen LogP contribution >= 0.6 is 24.0 Å². The fraction of sp³-hybridized carbons (Fsp3) is 0.261. The molecule has 2 aromatic carbocycles. The first-order chi connectivity index (χ1) is 14.6. The smallest absolute Gasteiger partial charge is 0.266 e. The molecule has 0 saturated carbocycles. The minimum absolute atomic E-state index is 0.119. The number of aliphatic hydroxyl groups is 1. The van der Waals surface area contributed by atoms with Crippen molar-refractivity contribution < 1.29 is 14.7 Å². The zero-order valence-electron chi connectivity index (χ0n) is 16.5. The lowest BCUT2D eigenvalue weighted by Crippen LogP contribution is -2.39. The molecule has 2 amide bonds. The molecule has 2 aromatic rings. The van der Waals surface area contributed by atoms with Crippen molar-refractivity contribution in [2.75, 3.05) is 13.2 Å². The zero-order valence-corrected chi connectivity index (χ0v) is 18.1. The van der Waals surface area contributed by atoms with E-state index in [9.17, 15) is 14.7 Å². The van der Waals surface area contributed by atoms with Gasteiger partial charge in [-0.2, -0.15) is 0 Å². The van der Waals surface area contributed by atoms with E-state index in [0.717, 1.165) is 11.1 Å². The summed E-state index contributed by atoms with van der Waals surface area (Å²) in [6.45, 7) is 0.270. The maximum atomic E-state index is 12.6. The molecule has 1 atom stereocenters. The van der Waals surface area contributed by atoms with Gasteiger partial charge in [0.2, 0.25) is 5.91 Å². The van der Waals surface area contributed by atoms with E-state index < -0.39 is 0 Å². The second-order valence-electron chi connectivity index (χ2n) is 6.98. The number of carbonyl (C=O) groups excluding carboxylic acids is 2. The molecule has 3 rings (SSSR count). The van der Waals surface area contributed by atoms with Gasteiger partial charge in [0.1, 0.15) is 4.32 Å². The molecule has 0 aromatic heterocycles. The van der Waals surface area contributed by atoms with E-state index in [2.05, 4.69) is 5.32 Å². The van der Waals surface area contributed by atoms with Gasteiger partial charge < -0.3 is 10.4 Å². The van der Waals surface area contributed by atoms with Crippen LogP contribution in [0.1, 0.15) is 24.0 Å². The number of thioether (sulfide) groups is 1. The summed E-state index contributed by atoms with van der Waals surface area (Å²) in [4.78, 5) is 27.1. The number of aliphatic hydroxyl groups excluding tert-OH is 1. The predicted octanol–water partition coefficient (Wildman–Crippen LogP) is 3.39. The highest BCUT2D eigenvalue weighted by Gasteiger charge is 2.31. The fourth-order valence-corrected chi connectivity index (χ4v) is 4.46. The van der Waals surface area contributed by atoms with Crippen molar-refractivity contribution in [3.05, 3.63) is 76.7 Å². The Labute approximate surface area is 186 Å². The lowest BCUT2D eigenvalue weighted by Gasteiger charge is -2.17. The van der Waals surface area contributed by atoms with Crippen LogP contribution in [0.4, 0.5) is 0 Å². The highest BCUT2D eigenvalue weighted by molar-refractivity contribution is 8.26. The molecule has 0 bridgehead atoms. The van der Waals surface area contributed by atoms with Gasteiger partial charge in [0.05, 0.1) is 17.6 Å². The van der Waals surface area contributed by atoms with Gasteiger partial charge in [-0.15, -0.1) is 0 Å². The summed E-state index contributed by atoms with van der Waals surface area (Å²) in [5, 5.41) is 12.4. The molecule has 7 heteroatoms. The van der Waals surface area contributed by atoms with Crippen LogP contribution in [0.25, 0.3) is 6.08 Å². The maximum absolute atomic E-state index is 12.6. The topological polar surface area (TPSA) is 69.6 Å². The molecule has 2 N–H and O–H groups in total. The molecule has 1 saturated heterocycles. The molecule has 1 fully saturated rings.